The average Bonchev–Trinajstić information content (AvgIpc) is 2.66. The average molecular weight is 382 g/mol. The number of nitrogens with zero attached hydrogens (tertiary/aromatic N) is 1. The Kier molecular flexibility index (Phi) is 9.52. The van der Waals surface area contributed by atoms with Crippen molar-refractivity contribution >= 4 is 23.0 Å². The SMILES string of the molecule is CCCOc1ccc(NC(=S)NCCN2CCOCC2)cc1OCCC. The number of nitrogens with one attached hydrogen (secondary N) is 2. The summed E-state index contributed by atoms with van der Waals surface area (Å²) in [6.07, 6.45) is 1.91. The predicted octanol–water partition coefficient (Wildman–Crippen LogP) is 2.88. The molecule has 1 saturated heterocycles. The highest BCUT2D eigenvalue weighted by atomic mass is 32.1. The van der Waals surface area contributed by atoms with Gasteiger partial charge in [-0.2, -0.15) is 0 Å². The topological polar surface area (TPSA) is 55.0 Å². The first kappa shape index (κ1) is 20.7. The van der Waals surface area contributed by atoms with E-state index in [1.54, 1.807) is 0 Å². The van der Waals surface area contributed by atoms with E-state index >= 15 is 0 Å². The Bertz CT molecular complexity index is 551. The lowest BCUT2D eigenvalue weighted by atomic mass is 10.2. The molecule has 0 atom stereocenters. The van der Waals surface area contributed by atoms with Crippen LogP contribution in [0.15, 0.2) is 18.2 Å². The molecule has 1 heterocycles. The van der Waals surface area contributed by atoms with Crippen molar-refractivity contribution in [2.45, 2.75) is 26.7 Å². The summed E-state index contributed by atoms with van der Waals surface area (Å²) in [5.41, 5.74) is 0.892. The van der Waals surface area contributed by atoms with E-state index in [1.165, 1.54) is 0 Å². The molecule has 0 bridgehead atoms. The summed E-state index contributed by atoms with van der Waals surface area (Å²) in [5.74, 6) is 1.53. The number of rotatable bonds is 10. The van der Waals surface area contributed by atoms with Crippen LogP contribution in [0.5, 0.6) is 11.5 Å². The molecule has 26 heavy (non-hydrogen) atoms. The summed E-state index contributed by atoms with van der Waals surface area (Å²) in [6.45, 7) is 10.9. The summed E-state index contributed by atoms with van der Waals surface area (Å²) < 4.78 is 16.9. The molecule has 7 heteroatoms. The van der Waals surface area contributed by atoms with E-state index in [1.807, 2.05) is 18.2 Å². The third-order valence-corrected chi connectivity index (χ3v) is 4.19. The quantitative estimate of drug-likeness (QED) is 0.605. The maximum atomic E-state index is 5.82. The molecule has 2 N–H and O–H groups in total. The van der Waals surface area contributed by atoms with Gasteiger partial charge < -0.3 is 24.8 Å². The first-order chi connectivity index (χ1) is 12.7. The summed E-state index contributed by atoms with van der Waals surface area (Å²) in [4.78, 5) is 2.37. The van der Waals surface area contributed by atoms with E-state index in [4.69, 9.17) is 26.4 Å². The van der Waals surface area contributed by atoms with Gasteiger partial charge >= 0.3 is 0 Å². The van der Waals surface area contributed by atoms with Gasteiger partial charge in [0.25, 0.3) is 0 Å². The first-order valence-electron chi connectivity index (χ1n) is 9.47. The normalized spacial score (nSPS) is 14.7. The van der Waals surface area contributed by atoms with Gasteiger partial charge in [-0.15, -0.1) is 0 Å². The number of ether oxygens (including phenoxy) is 3. The molecule has 1 aliphatic heterocycles. The molecule has 0 spiro atoms. The number of anilines is 1. The first-order valence-corrected chi connectivity index (χ1v) is 9.88. The largest absolute Gasteiger partial charge is 0.490 e. The Hall–Kier alpha value is -1.57. The molecule has 1 fully saturated rings. The highest BCUT2D eigenvalue weighted by Gasteiger charge is 2.10. The van der Waals surface area contributed by atoms with Crippen molar-refractivity contribution in [1.29, 1.82) is 0 Å². The highest BCUT2D eigenvalue weighted by Crippen LogP contribution is 2.30. The van der Waals surface area contributed by atoms with Crippen LogP contribution in [0.25, 0.3) is 0 Å². The van der Waals surface area contributed by atoms with Gasteiger partial charge in [-0.1, -0.05) is 13.8 Å². The molecule has 0 saturated carbocycles. The zero-order chi connectivity index (χ0) is 18.6. The second-order valence-electron chi connectivity index (χ2n) is 6.19. The molecule has 0 radical (unpaired) electrons. The molecule has 0 unspecified atom stereocenters. The second kappa shape index (κ2) is 11.9. The zero-order valence-electron chi connectivity index (χ0n) is 15.9. The molecule has 0 aliphatic carbocycles. The molecule has 1 aromatic carbocycles. The lowest BCUT2D eigenvalue weighted by Crippen LogP contribution is -2.42. The van der Waals surface area contributed by atoms with Crippen molar-refractivity contribution in [3.8, 4) is 11.5 Å². The van der Waals surface area contributed by atoms with Crippen LogP contribution in [-0.4, -0.2) is 62.6 Å². The van der Waals surface area contributed by atoms with Gasteiger partial charge in [0.15, 0.2) is 16.6 Å². The van der Waals surface area contributed by atoms with Crippen LogP contribution in [-0.2, 0) is 4.74 Å². The molecule has 6 nitrogen and oxygen atoms in total. The standard InChI is InChI=1S/C19H31N3O3S/c1-3-11-24-17-6-5-16(15-18(17)25-12-4-2)21-19(26)20-7-8-22-9-13-23-14-10-22/h5-6,15H,3-4,7-14H2,1-2H3,(H2,20,21,26). The molecule has 0 aromatic heterocycles. The Morgan fingerprint density at radius 2 is 1.81 bits per heavy atom. The summed E-state index contributed by atoms with van der Waals surface area (Å²) in [5, 5.41) is 7.09. The van der Waals surface area contributed by atoms with Gasteiger partial charge in [-0.3, -0.25) is 4.90 Å². The molecule has 146 valence electrons. The van der Waals surface area contributed by atoms with Gasteiger partial charge in [0, 0.05) is 37.9 Å². The van der Waals surface area contributed by atoms with Gasteiger partial charge in [-0.05, 0) is 37.2 Å². The number of hydrogen-bond acceptors (Lipinski definition) is 5. The Balaban J connectivity index is 1.83. The maximum Gasteiger partial charge on any atom is 0.170 e. The van der Waals surface area contributed by atoms with E-state index in [0.717, 1.165) is 69.4 Å². The van der Waals surface area contributed by atoms with Crippen molar-refractivity contribution in [3.63, 3.8) is 0 Å². The monoisotopic (exact) mass is 381 g/mol. The smallest absolute Gasteiger partial charge is 0.170 e. The van der Waals surface area contributed by atoms with E-state index in [-0.39, 0.29) is 0 Å². The fraction of sp³-hybridized carbons (Fsp3) is 0.632. The third kappa shape index (κ3) is 7.35. The number of morpholine rings is 1. The Morgan fingerprint density at radius 3 is 2.50 bits per heavy atom. The zero-order valence-corrected chi connectivity index (χ0v) is 16.7. The minimum atomic E-state index is 0.613. The van der Waals surface area contributed by atoms with E-state index in [9.17, 15) is 0 Å². The lowest BCUT2D eigenvalue weighted by molar-refractivity contribution is 0.0389. The summed E-state index contributed by atoms with van der Waals surface area (Å²) in [6, 6.07) is 5.83. The molecule has 1 aliphatic rings. The molecular formula is C19H31N3O3S. The molecular weight excluding hydrogens is 350 g/mol. The number of hydrogen-bond donors (Lipinski definition) is 2. The summed E-state index contributed by atoms with van der Waals surface area (Å²) in [7, 11) is 0. The maximum absolute atomic E-state index is 5.82. The van der Waals surface area contributed by atoms with Crippen molar-refractivity contribution < 1.29 is 14.2 Å². The van der Waals surface area contributed by atoms with Crippen LogP contribution < -0.4 is 20.1 Å². The van der Waals surface area contributed by atoms with Gasteiger partial charge in [-0.25, -0.2) is 0 Å². The van der Waals surface area contributed by atoms with Gasteiger partial charge in [0.05, 0.1) is 26.4 Å². The van der Waals surface area contributed by atoms with Gasteiger partial charge in [0.2, 0.25) is 0 Å². The van der Waals surface area contributed by atoms with Crippen LogP contribution >= 0.6 is 12.2 Å². The van der Waals surface area contributed by atoms with Crippen molar-refractivity contribution in [2.24, 2.45) is 0 Å². The van der Waals surface area contributed by atoms with Crippen molar-refractivity contribution in [3.05, 3.63) is 18.2 Å². The predicted molar refractivity (Wildman–Crippen MR) is 109 cm³/mol. The van der Waals surface area contributed by atoms with Crippen LogP contribution in [0.2, 0.25) is 0 Å². The van der Waals surface area contributed by atoms with Gasteiger partial charge in [0.1, 0.15) is 0 Å². The summed E-state index contributed by atoms with van der Waals surface area (Å²) >= 11 is 5.40. The third-order valence-electron chi connectivity index (χ3n) is 3.94. The second-order valence-corrected chi connectivity index (χ2v) is 6.60. The van der Waals surface area contributed by atoms with Crippen molar-refractivity contribution in [1.82, 2.24) is 10.2 Å². The van der Waals surface area contributed by atoms with Crippen LogP contribution in [0, 0.1) is 0 Å². The molecule has 2 rings (SSSR count). The Morgan fingerprint density at radius 1 is 1.12 bits per heavy atom. The van der Waals surface area contributed by atoms with Crippen LogP contribution in [0.3, 0.4) is 0 Å². The Labute approximate surface area is 162 Å². The van der Waals surface area contributed by atoms with Crippen LogP contribution in [0.1, 0.15) is 26.7 Å². The highest BCUT2D eigenvalue weighted by molar-refractivity contribution is 7.80. The fourth-order valence-corrected chi connectivity index (χ4v) is 2.79. The minimum Gasteiger partial charge on any atom is -0.490 e. The van der Waals surface area contributed by atoms with Crippen LogP contribution in [0.4, 0.5) is 5.69 Å². The van der Waals surface area contributed by atoms with E-state index in [2.05, 4.69) is 29.4 Å². The molecule has 0 amide bonds. The molecule has 1 aromatic rings. The minimum absolute atomic E-state index is 0.613. The number of benzene rings is 1. The van der Waals surface area contributed by atoms with E-state index in [0.29, 0.717) is 18.3 Å². The fourth-order valence-electron chi connectivity index (χ4n) is 2.57. The van der Waals surface area contributed by atoms with E-state index < -0.39 is 0 Å². The van der Waals surface area contributed by atoms with Crippen molar-refractivity contribution in [2.75, 3.05) is 57.9 Å². The number of thiocarbonyl (C=S) groups is 1. The lowest BCUT2D eigenvalue weighted by Gasteiger charge is -2.26.